The molecule has 5 nitrogen and oxygen atoms in total. The molecule has 0 saturated carbocycles. The predicted molar refractivity (Wildman–Crippen MR) is 52.9 cm³/mol. The highest BCUT2D eigenvalue weighted by Gasteiger charge is 2.04. The third-order valence-electron chi connectivity index (χ3n) is 1.91. The molecule has 5 heteroatoms. The number of nitrogens with zero attached hydrogens (tertiary/aromatic N) is 3. The first kappa shape index (κ1) is 9.39. The summed E-state index contributed by atoms with van der Waals surface area (Å²) < 4.78 is 1.61. The van der Waals surface area contributed by atoms with Gasteiger partial charge in [0, 0.05) is 24.7 Å². The number of aromatic nitrogens is 3. The minimum atomic E-state index is -0.566. The molecule has 0 aliphatic heterocycles. The monoisotopic (exact) mass is 201 g/mol. The zero-order chi connectivity index (χ0) is 10.7. The summed E-state index contributed by atoms with van der Waals surface area (Å²) >= 11 is 0. The Morgan fingerprint density at radius 1 is 1.47 bits per heavy atom. The van der Waals surface area contributed by atoms with Crippen molar-refractivity contribution in [1.29, 1.82) is 0 Å². The smallest absolute Gasteiger partial charge is 0.269 e. The Morgan fingerprint density at radius 2 is 2.20 bits per heavy atom. The summed E-state index contributed by atoms with van der Waals surface area (Å²) in [7, 11) is 0. The average molecular weight is 201 g/mol. The van der Waals surface area contributed by atoms with E-state index in [0.29, 0.717) is 6.54 Å². The molecule has 2 rings (SSSR count). The van der Waals surface area contributed by atoms with Gasteiger partial charge >= 0.3 is 0 Å². The van der Waals surface area contributed by atoms with Gasteiger partial charge in [-0.3, -0.25) is 14.5 Å². The van der Waals surface area contributed by atoms with Crippen LogP contribution >= 0.6 is 0 Å². The highest BCUT2D eigenvalue weighted by Crippen LogP contribution is 2.00. The van der Waals surface area contributed by atoms with Crippen LogP contribution in [-0.2, 0) is 6.54 Å². The largest absolute Gasteiger partial charge is 0.364 e. The number of carbonyl (C=O) groups excluding carboxylic acids is 1. The lowest BCUT2D eigenvalue weighted by molar-refractivity contribution is 0.0994. The molecular weight excluding hydrogens is 192 g/mol. The maximum atomic E-state index is 10.8. The summed E-state index contributed by atoms with van der Waals surface area (Å²) in [5, 5.41) is 3.97. The zero-order valence-electron chi connectivity index (χ0n) is 7.92. The molecule has 0 bridgehead atoms. The van der Waals surface area contributed by atoms with Crippen molar-refractivity contribution in [2.45, 2.75) is 6.54 Å². The second-order valence-corrected chi connectivity index (χ2v) is 3.04. The number of nitrogens with two attached hydrogens (primary N) is 1. The molecule has 0 fully saturated rings. The van der Waals surface area contributed by atoms with E-state index in [1.807, 2.05) is 12.1 Å². The van der Waals surface area contributed by atoms with Gasteiger partial charge in [-0.25, -0.2) is 0 Å². The van der Waals surface area contributed by atoms with E-state index >= 15 is 0 Å². The van der Waals surface area contributed by atoms with Gasteiger partial charge in [-0.2, -0.15) is 5.10 Å². The summed E-state index contributed by atoms with van der Waals surface area (Å²) in [6.45, 7) is 0.576. The minimum Gasteiger partial charge on any atom is -0.364 e. The molecular formula is C10H9N4O. The van der Waals surface area contributed by atoms with E-state index in [1.54, 1.807) is 23.3 Å². The van der Waals surface area contributed by atoms with Gasteiger partial charge in [0.25, 0.3) is 5.91 Å². The van der Waals surface area contributed by atoms with Crippen molar-refractivity contribution in [2.75, 3.05) is 0 Å². The molecule has 0 atom stereocenters. The van der Waals surface area contributed by atoms with Crippen LogP contribution in [0.2, 0.25) is 0 Å². The van der Waals surface area contributed by atoms with Crippen LogP contribution < -0.4 is 5.73 Å². The van der Waals surface area contributed by atoms with Gasteiger partial charge in [-0.15, -0.1) is 0 Å². The predicted octanol–water partition coefficient (Wildman–Crippen LogP) is 0.225. The van der Waals surface area contributed by atoms with Crippen LogP contribution in [0.15, 0.2) is 30.7 Å². The summed E-state index contributed by atoms with van der Waals surface area (Å²) in [4.78, 5) is 14.7. The van der Waals surface area contributed by atoms with Crippen LogP contribution in [-0.4, -0.2) is 20.7 Å². The molecule has 2 N–H and O–H groups in total. The van der Waals surface area contributed by atoms with E-state index in [-0.39, 0.29) is 5.69 Å². The van der Waals surface area contributed by atoms with Crippen LogP contribution in [0.5, 0.6) is 0 Å². The molecule has 0 saturated heterocycles. The van der Waals surface area contributed by atoms with Crippen LogP contribution in [0.3, 0.4) is 0 Å². The Morgan fingerprint density at radius 3 is 2.80 bits per heavy atom. The van der Waals surface area contributed by atoms with Gasteiger partial charge in [-0.05, 0) is 17.7 Å². The van der Waals surface area contributed by atoms with Crippen molar-refractivity contribution in [3.05, 3.63) is 48.0 Å². The number of hydrogen-bond donors (Lipinski definition) is 1. The van der Waals surface area contributed by atoms with E-state index in [9.17, 15) is 4.79 Å². The van der Waals surface area contributed by atoms with Gasteiger partial charge in [0.05, 0.1) is 6.54 Å². The topological polar surface area (TPSA) is 73.8 Å². The van der Waals surface area contributed by atoms with Crippen LogP contribution in [0, 0.1) is 6.07 Å². The maximum Gasteiger partial charge on any atom is 0.269 e. The third kappa shape index (κ3) is 2.19. The number of carbonyl (C=O) groups is 1. The van der Waals surface area contributed by atoms with E-state index in [2.05, 4.69) is 16.1 Å². The first-order valence-corrected chi connectivity index (χ1v) is 4.39. The van der Waals surface area contributed by atoms with Crippen LogP contribution in [0.25, 0.3) is 0 Å². The molecule has 0 aromatic carbocycles. The first-order valence-electron chi connectivity index (χ1n) is 4.39. The third-order valence-corrected chi connectivity index (χ3v) is 1.91. The molecule has 0 aliphatic rings. The van der Waals surface area contributed by atoms with E-state index in [1.165, 1.54) is 0 Å². The standard InChI is InChI=1S/C10H9N4O/c11-10(15)9-3-6-14(13-9)7-8-1-4-12-5-2-8/h1-2,4-6H,7H2,(H2,11,15). The molecule has 2 heterocycles. The SMILES string of the molecule is NC(=O)c1[c]cn(Cc2ccncc2)n1. The van der Waals surface area contributed by atoms with E-state index in [4.69, 9.17) is 5.73 Å². The zero-order valence-corrected chi connectivity index (χ0v) is 7.92. The molecule has 1 radical (unpaired) electrons. The molecule has 1 amide bonds. The van der Waals surface area contributed by atoms with Gasteiger partial charge in [-0.1, -0.05) is 0 Å². The van der Waals surface area contributed by atoms with Gasteiger partial charge in [0.2, 0.25) is 0 Å². The fourth-order valence-electron chi connectivity index (χ4n) is 1.20. The molecule has 0 spiro atoms. The molecule has 15 heavy (non-hydrogen) atoms. The molecule has 75 valence electrons. The number of primary amides is 1. The average Bonchev–Trinajstić information content (AvgIpc) is 2.68. The van der Waals surface area contributed by atoms with Crippen molar-refractivity contribution >= 4 is 5.91 Å². The molecule has 0 aliphatic carbocycles. The Kier molecular flexibility index (Phi) is 2.45. The summed E-state index contributed by atoms with van der Waals surface area (Å²) in [6, 6.07) is 6.45. The summed E-state index contributed by atoms with van der Waals surface area (Å²) in [6.07, 6.45) is 5.01. The summed E-state index contributed by atoms with van der Waals surface area (Å²) in [5.74, 6) is -0.566. The highest BCUT2D eigenvalue weighted by molar-refractivity contribution is 5.90. The van der Waals surface area contributed by atoms with Crippen molar-refractivity contribution in [3.8, 4) is 0 Å². The van der Waals surface area contributed by atoms with Gasteiger partial charge in [0.1, 0.15) is 0 Å². The fraction of sp³-hybridized carbons (Fsp3) is 0.100. The lowest BCUT2D eigenvalue weighted by Gasteiger charge is -2.00. The number of hydrogen-bond acceptors (Lipinski definition) is 3. The van der Waals surface area contributed by atoms with Crippen LogP contribution in [0.1, 0.15) is 16.1 Å². The summed E-state index contributed by atoms with van der Waals surface area (Å²) in [5.41, 5.74) is 6.27. The van der Waals surface area contributed by atoms with E-state index < -0.39 is 5.91 Å². The van der Waals surface area contributed by atoms with Crippen molar-refractivity contribution < 1.29 is 4.79 Å². The number of rotatable bonds is 3. The molecule has 2 aromatic rings. The Balaban J connectivity index is 2.15. The second-order valence-electron chi connectivity index (χ2n) is 3.04. The second kappa shape index (κ2) is 3.91. The fourth-order valence-corrected chi connectivity index (χ4v) is 1.20. The lowest BCUT2D eigenvalue weighted by atomic mass is 10.3. The lowest BCUT2D eigenvalue weighted by Crippen LogP contribution is -2.12. The van der Waals surface area contributed by atoms with Crippen molar-refractivity contribution in [2.24, 2.45) is 5.73 Å². The highest BCUT2D eigenvalue weighted by atomic mass is 16.1. The normalized spacial score (nSPS) is 10.1. The van der Waals surface area contributed by atoms with E-state index in [0.717, 1.165) is 5.56 Å². The first-order chi connectivity index (χ1) is 7.25. The molecule has 2 aromatic heterocycles. The van der Waals surface area contributed by atoms with Crippen molar-refractivity contribution in [3.63, 3.8) is 0 Å². The minimum absolute atomic E-state index is 0.157. The van der Waals surface area contributed by atoms with Gasteiger partial charge in [0.15, 0.2) is 5.69 Å². The Hall–Kier alpha value is -2.17. The molecule has 0 unspecified atom stereocenters. The maximum absolute atomic E-state index is 10.8. The Bertz CT molecular complexity index is 463. The van der Waals surface area contributed by atoms with Crippen LogP contribution in [0.4, 0.5) is 0 Å². The van der Waals surface area contributed by atoms with Gasteiger partial charge < -0.3 is 5.73 Å². The number of pyridine rings is 1. The quantitative estimate of drug-likeness (QED) is 0.772. The van der Waals surface area contributed by atoms with Crippen molar-refractivity contribution in [1.82, 2.24) is 14.8 Å². The Labute approximate surface area is 86.5 Å². The number of amides is 1.